The van der Waals surface area contributed by atoms with E-state index in [1.54, 1.807) is 19.2 Å². The van der Waals surface area contributed by atoms with Crippen molar-refractivity contribution in [2.45, 2.75) is 6.42 Å². The molecule has 1 aromatic rings. The second-order valence-corrected chi connectivity index (χ2v) is 3.92. The first-order chi connectivity index (χ1) is 7.69. The Bertz CT molecular complexity index is 380. The molecule has 0 spiro atoms. The van der Waals surface area contributed by atoms with E-state index < -0.39 is 0 Å². The van der Waals surface area contributed by atoms with Gasteiger partial charge in [0.05, 0.1) is 18.7 Å². The van der Waals surface area contributed by atoms with Crippen molar-refractivity contribution in [3.05, 3.63) is 33.8 Å². The highest BCUT2D eigenvalue weighted by Gasteiger charge is 2.06. The Morgan fingerprint density at radius 3 is 2.75 bits per heavy atom. The number of rotatable bonds is 5. The summed E-state index contributed by atoms with van der Waals surface area (Å²) >= 11 is 11.9. The van der Waals surface area contributed by atoms with Crippen molar-refractivity contribution in [3.8, 4) is 5.75 Å². The molecule has 0 fully saturated rings. The monoisotopic (exact) mass is 261 g/mol. The quantitative estimate of drug-likeness (QED) is 0.654. The third-order valence-electron chi connectivity index (χ3n) is 1.94. The van der Waals surface area contributed by atoms with Gasteiger partial charge in [-0.3, -0.25) is 0 Å². The molecule has 0 bridgehead atoms. The summed E-state index contributed by atoms with van der Waals surface area (Å²) in [5.74, 6) is 5.52. The third kappa shape index (κ3) is 3.68. The van der Waals surface area contributed by atoms with Gasteiger partial charge in [-0.2, -0.15) is 0 Å². The van der Waals surface area contributed by atoms with Gasteiger partial charge in [-0.1, -0.05) is 35.4 Å². The van der Waals surface area contributed by atoms with Crippen molar-refractivity contribution in [2.24, 2.45) is 5.90 Å². The summed E-state index contributed by atoms with van der Waals surface area (Å²) in [5.41, 5.74) is 0.831. The predicted octanol–water partition coefficient (Wildman–Crippen LogP) is 3.30. The van der Waals surface area contributed by atoms with E-state index in [-0.39, 0.29) is 0 Å². The molecule has 0 amide bonds. The Labute approximate surface area is 105 Å². The minimum atomic E-state index is 0.465. The van der Waals surface area contributed by atoms with Gasteiger partial charge >= 0.3 is 0 Å². The number of hydrogen-bond acceptors (Lipinski definition) is 3. The average molecular weight is 262 g/mol. The second-order valence-electron chi connectivity index (χ2n) is 3.07. The summed E-state index contributed by atoms with van der Waals surface area (Å²) in [4.78, 5) is 4.45. The zero-order chi connectivity index (χ0) is 12.0. The molecular weight excluding hydrogens is 249 g/mol. The molecule has 0 aliphatic carbocycles. The van der Waals surface area contributed by atoms with Crippen molar-refractivity contribution < 1.29 is 9.57 Å². The van der Waals surface area contributed by atoms with Crippen LogP contribution in [0.15, 0.2) is 18.2 Å². The minimum absolute atomic E-state index is 0.465. The van der Waals surface area contributed by atoms with Gasteiger partial charge in [-0.05, 0) is 18.6 Å². The Hall–Kier alpha value is -0.740. The van der Waals surface area contributed by atoms with Crippen LogP contribution in [0.4, 0.5) is 0 Å². The molecule has 0 atom stereocenters. The molecule has 1 aromatic carbocycles. The molecule has 0 radical (unpaired) electrons. The molecule has 0 heterocycles. The molecule has 5 heteroatoms. The smallest absolute Gasteiger partial charge is 0.144 e. The van der Waals surface area contributed by atoms with Crippen LogP contribution in [0.5, 0.6) is 5.75 Å². The highest BCUT2D eigenvalue weighted by Crippen LogP contribution is 2.32. The SMILES string of the molecule is COc1c(Cl)cc(Cl)cc1/C=C/CCON. The van der Waals surface area contributed by atoms with Gasteiger partial charge in [0.25, 0.3) is 0 Å². The lowest BCUT2D eigenvalue weighted by Crippen LogP contribution is -1.98. The van der Waals surface area contributed by atoms with Crippen LogP contribution >= 0.6 is 23.2 Å². The molecular formula is C11H13Cl2NO2. The van der Waals surface area contributed by atoms with Crippen LogP contribution in [0, 0.1) is 0 Å². The molecule has 0 saturated heterocycles. The maximum Gasteiger partial charge on any atom is 0.144 e. The van der Waals surface area contributed by atoms with Crippen molar-refractivity contribution >= 4 is 29.3 Å². The van der Waals surface area contributed by atoms with Crippen molar-refractivity contribution in [1.29, 1.82) is 0 Å². The van der Waals surface area contributed by atoms with Gasteiger partial charge in [0.2, 0.25) is 0 Å². The van der Waals surface area contributed by atoms with Gasteiger partial charge in [0.1, 0.15) is 5.75 Å². The molecule has 16 heavy (non-hydrogen) atoms. The first-order valence-corrected chi connectivity index (χ1v) is 5.46. The van der Waals surface area contributed by atoms with E-state index in [1.807, 2.05) is 12.2 Å². The zero-order valence-corrected chi connectivity index (χ0v) is 10.4. The van der Waals surface area contributed by atoms with Gasteiger partial charge in [0.15, 0.2) is 0 Å². The largest absolute Gasteiger partial charge is 0.495 e. The molecule has 0 aliphatic heterocycles. The Kier molecular flexibility index (Phi) is 5.63. The van der Waals surface area contributed by atoms with E-state index in [4.69, 9.17) is 33.8 Å². The first-order valence-electron chi connectivity index (χ1n) is 4.70. The maximum atomic E-state index is 5.99. The van der Waals surface area contributed by atoms with Crippen molar-refractivity contribution in [3.63, 3.8) is 0 Å². The molecule has 88 valence electrons. The van der Waals surface area contributed by atoms with Crippen LogP contribution in [0.25, 0.3) is 6.08 Å². The van der Waals surface area contributed by atoms with Gasteiger partial charge in [0, 0.05) is 10.6 Å². The highest BCUT2D eigenvalue weighted by atomic mass is 35.5. The first kappa shape index (κ1) is 13.3. The number of hydrogen-bond donors (Lipinski definition) is 1. The van der Waals surface area contributed by atoms with E-state index in [9.17, 15) is 0 Å². The topological polar surface area (TPSA) is 44.5 Å². The molecule has 1 rings (SSSR count). The fraction of sp³-hybridized carbons (Fsp3) is 0.273. The van der Waals surface area contributed by atoms with Crippen LogP contribution in [-0.4, -0.2) is 13.7 Å². The lowest BCUT2D eigenvalue weighted by atomic mass is 10.1. The minimum Gasteiger partial charge on any atom is -0.495 e. The Morgan fingerprint density at radius 1 is 1.38 bits per heavy atom. The van der Waals surface area contributed by atoms with Crippen LogP contribution in [0.2, 0.25) is 10.0 Å². The normalized spacial score (nSPS) is 11.0. The maximum absolute atomic E-state index is 5.99. The summed E-state index contributed by atoms with van der Waals surface area (Å²) in [6.45, 7) is 0.465. The lowest BCUT2D eigenvalue weighted by molar-refractivity contribution is 0.143. The molecule has 0 aliphatic rings. The molecule has 2 N–H and O–H groups in total. The number of ether oxygens (including phenoxy) is 1. The number of benzene rings is 1. The van der Waals surface area contributed by atoms with Crippen molar-refractivity contribution in [1.82, 2.24) is 0 Å². The van der Waals surface area contributed by atoms with Gasteiger partial charge in [-0.15, -0.1) is 0 Å². The fourth-order valence-electron chi connectivity index (χ4n) is 1.27. The van der Waals surface area contributed by atoms with Crippen LogP contribution < -0.4 is 10.6 Å². The second kappa shape index (κ2) is 6.76. The molecule has 0 saturated carbocycles. The van der Waals surface area contributed by atoms with E-state index in [0.717, 1.165) is 5.56 Å². The third-order valence-corrected chi connectivity index (χ3v) is 2.44. The summed E-state index contributed by atoms with van der Waals surface area (Å²) in [7, 11) is 1.56. The van der Waals surface area contributed by atoms with E-state index in [1.165, 1.54) is 0 Å². The van der Waals surface area contributed by atoms with Crippen LogP contribution in [-0.2, 0) is 4.84 Å². The van der Waals surface area contributed by atoms with Crippen molar-refractivity contribution in [2.75, 3.05) is 13.7 Å². The zero-order valence-electron chi connectivity index (χ0n) is 8.87. The molecule has 0 aromatic heterocycles. The van der Waals surface area contributed by atoms with Gasteiger partial charge < -0.3 is 9.57 Å². The summed E-state index contributed by atoms with van der Waals surface area (Å²) in [6.07, 6.45) is 4.50. The van der Waals surface area contributed by atoms with E-state index in [2.05, 4.69) is 4.84 Å². The molecule has 0 unspecified atom stereocenters. The van der Waals surface area contributed by atoms with Crippen LogP contribution in [0.1, 0.15) is 12.0 Å². The predicted molar refractivity (Wildman–Crippen MR) is 66.8 cm³/mol. The van der Waals surface area contributed by atoms with E-state index >= 15 is 0 Å². The fourth-order valence-corrected chi connectivity index (χ4v) is 1.85. The lowest BCUT2D eigenvalue weighted by Gasteiger charge is -2.07. The van der Waals surface area contributed by atoms with Gasteiger partial charge in [-0.25, -0.2) is 5.90 Å². The highest BCUT2D eigenvalue weighted by molar-refractivity contribution is 6.35. The van der Waals surface area contributed by atoms with Crippen LogP contribution in [0.3, 0.4) is 0 Å². The standard InChI is InChI=1S/C11H13Cl2NO2/c1-15-11-8(4-2-3-5-16-14)6-9(12)7-10(11)13/h2,4,6-7H,3,5,14H2,1H3/b4-2+. The summed E-state index contributed by atoms with van der Waals surface area (Å²) in [5, 5.41) is 1.06. The summed E-state index contributed by atoms with van der Waals surface area (Å²) in [6, 6.07) is 3.42. The Balaban J connectivity index is 2.89. The number of nitrogens with two attached hydrogens (primary N) is 1. The number of halogens is 2. The van der Waals surface area contributed by atoms with E-state index in [0.29, 0.717) is 28.8 Å². The number of methoxy groups -OCH3 is 1. The molecule has 3 nitrogen and oxygen atoms in total. The summed E-state index contributed by atoms with van der Waals surface area (Å²) < 4.78 is 5.19. The Morgan fingerprint density at radius 2 is 2.12 bits per heavy atom. The average Bonchev–Trinajstić information content (AvgIpc) is 2.24.